The fraction of sp³-hybridized carbons (Fsp3) is 0.222. The van der Waals surface area contributed by atoms with E-state index in [4.69, 9.17) is 9.47 Å². The van der Waals surface area contributed by atoms with Crippen molar-refractivity contribution in [3.05, 3.63) is 71.3 Å². The predicted molar refractivity (Wildman–Crippen MR) is 80.8 cm³/mol. The van der Waals surface area contributed by atoms with E-state index in [1.54, 1.807) is 0 Å². The molecule has 0 saturated heterocycles. The van der Waals surface area contributed by atoms with Crippen LogP contribution in [0.25, 0.3) is 11.8 Å². The minimum Gasteiger partial charge on any atom is -0.460 e. The Morgan fingerprint density at radius 1 is 0.950 bits per heavy atom. The van der Waals surface area contributed by atoms with E-state index in [2.05, 4.69) is 18.2 Å². The summed E-state index contributed by atoms with van der Waals surface area (Å²) in [5.41, 5.74) is 3.31. The van der Waals surface area contributed by atoms with E-state index in [1.807, 2.05) is 56.3 Å². The van der Waals surface area contributed by atoms with Crippen LogP contribution < -0.4 is 0 Å². The first-order valence-corrected chi connectivity index (χ1v) is 6.92. The summed E-state index contributed by atoms with van der Waals surface area (Å²) in [5.74, 6) is 0.856. The molecule has 1 aliphatic rings. The molecule has 0 radical (unpaired) electrons. The van der Waals surface area contributed by atoms with Crippen LogP contribution in [-0.2, 0) is 9.47 Å². The smallest absolute Gasteiger partial charge is 0.227 e. The molecule has 0 amide bonds. The fourth-order valence-corrected chi connectivity index (χ4v) is 2.31. The molecule has 1 atom stereocenters. The number of hydrogen-bond acceptors (Lipinski definition) is 2. The van der Waals surface area contributed by atoms with E-state index in [-0.39, 0.29) is 12.4 Å². The van der Waals surface area contributed by atoms with E-state index in [1.165, 1.54) is 0 Å². The Balaban J connectivity index is 2.01. The summed E-state index contributed by atoms with van der Waals surface area (Å²) in [5, 5.41) is 0. The highest BCUT2D eigenvalue weighted by molar-refractivity contribution is 5.80. The van der Waals surface area contributed by atoms with Gasteiger partial charge in [0.05, 0.1) is 6.10 Å². The Morgan fingerprint density at radius 2 is 1.65 bits per heavy atom. The van der Waals surface area contributed by atoms with Crippen LogP contribution in [0.15, 0.2) is 54.6 Å². The summed E-state index contributed by atoms with van der Waals surface area (Å²) in [6, 6.07) is 18.3. The predicted octanol–water partition coefficient (Wildman–Crippen LogP) is 4.64. The molecule has 3 rings (SSSR count). The van der Waals surface area contributed by atoms with Gasteiger partial charge in [-0.25, -0.2) is 0 Å². The zero-order valence-corrected chi connectivity index (χ0v) is 11.7. The Hall–Kier alpha value is -2.06. The van der Waals surface area contributed by atoms with E-state index in [0.29, 0.717) is 0 Å². The average Bonchev–Trinajstić information content (AvgIpc) is 2.47. The first-order chi connectivity index (χ1) is 9.74. The van der Waals surface area contributed by atoms with E-state index < -0.39 is 0 Å². The molecule has 102 valence electrons. The molecule has 0 unspecified atom stereocenters. The molecule has 0 saturated carbocycles. The molecule has 2 aromatic rings. The Labute approximate surface area is 119 Å². The number of hydrogen-bond donors (Lipinski definition) is 0. The highest BCUT2D eigenvalue weighted by Crippen LogP contribution is 2.36. The van der Waals surface area contributed by atoms with Crippen molar-refractivity contribution in [1.29, 1.82) is 0 Å². The minimum absolute atomic E-state index is 0.114. The van der Waals surface area contributed by atoms with E-state index in [0.717, 1.165) is 22.4 Å². The lowest BCUT2D eigenvalue weighted by molar-refractivity contribution is -0.127. The standard InChI is InChI=1S/C18H18O2/c1-13(2)19-18-16-11-7-6-10-15(16)12-17(20-18)14-8-4-3-5-9-14/h3-13,18H,1-2H3/t18-/m1/s1. The van der Waals surface area contributed by atoms with Crippen LogP contribution in [0, 0.1) is 0 Å². The second-order valence-electron chi connectivity index (χ2n) is 5.14. The third-order valence-electron chi connectivity index (χ3n) is 3.22. The Morgan fingerprint density at radius 3 is 2.40 bits per heavy atom. The molecule has 2 nitrogen and oxygen atoms in total. The molecule has 0 bridgehead atoms. The number of fused-ring (bicyclic) bond motifs is 1. The Bertz CT molecular complexity index is 614. The van der Waals surface area contributed by atoms with Crippen molar-refractivity contribution >= 4 is 11.8 Å². The van der Waals surface area contributed by atoms with Crippen molar-refractivity contribution in [2.75, 3.05) is 0 Å². The Kier molecular flexibility index (Phi) is 3.57. The van der Waals surface area contributed by atoms with Crippen molar-refractivity contribution in [2.24, 2.45) is 0 Å². The lowest BCUT2D eigenvalue weighted by Gasteiger charge is -2.28. The van der Waals surface area contributed by atoms with Gasteiger partial charge in [-0.3, -0.25) is 0 Å². The molecule has 20 heavy (non-hydrogen) atoms. The van der Waals surface area contributed by atoms with Gasteiger partial charge in [0, 0.05) is 11.1 Å². The minimum atomic E-state index is -0.341. The molecular weight excluding hydrogens is 248 g/mol. The van der Waals surface area contributed by atoms with Crippen LogP contribution in [0.3, 0.4) is 0 Å². The summed E-state index contributed by atoms with van der Waals surface area (Å²) in [6.07, 6.45) is 1.85. The second-order valence-corrected chi connectivity index (χ2v) is 5.14. The summed E-state index contributed by atoms with van der Waals surface area (Å²) < 4.78 is 12.0. The number of benzene rings is 2. The van der Waals surface area contributed by atoms with Crippen molar-refractivity contribution in [3.63, 3.8) is 0 Å². The van der Waals surface area contributed by atoms with Crippen LogP contribution in [-0.4, -0.2) is 6.10 Å². The molecule has 0 spiro atoms. The first kappa shape index (κ1) is 12.9. The summed E-state index contributed by atoms with van der Waals surface area (Å²) in [7, 11) is 0. The van der Waals surface area contributed by atoms with Crippen LogP contribution in [0.4, 0.5) is 0 Å². The molecule has 0 aromatic heterocycles. The fourth-order valence-electron chi connectivity index (χ4n) is 2.31. The van der Waals surface area contributed by atoms with Gasteiger partial charge in [0.25, 0.3) is 0 Å². The topological polar surface area (TPSA) is 18.5 Å². The van der Waals surface area contributed by atoms with E-state index in [9.17, 15) is 0 Å². The van der Waals surface area contributed by atoms with Crippen molar-refractivity contribution in [1.82, 2.24) is 0 Å². The van der Waals surface area contributed by atoms with Gasteiger partial charge in [-0.05, 0) is 25.5 Å². The van der Waals surface area contributed by atoms with Gasteiger partial charge in [-0.2, -0.15) is 0 Å². The van der Waals surface area contributed by atoms with Crippen LogP contribution in [0.5, 0.6) is 0 Å². The van der Waals surface area contributed by atoms with Gasteiger partial charge in [-0.1, -0.05) is 54.6 Å². The van der Waals surface area contributed by atoms with Crippen LogP contribution >= 0.6 is 0 Å². The van der Waals surface area contributed by atoms with Gasteiger partial charge in [-0.15, -0.1) is 0 Å². The van der Waals surface area contributed by atoms with Gasteiger partial charge in [0.1, 0.15) is 5.76 Å². The zero-order valence-electron chi connectivity index (χ0n) is 11.7. The maximum Gasteiger partial charge on any atom is 0.227 e. The summed E-state index contributed by atoms with van der Waals surface area (Å²) >= 11 is 0. The van der Waals surface area contributed by atoms with Crippen LogP contribution in [0.1, 0.15) is 36.8 Å². The van der Waals surface area contributed by atoms with Gasteiger partial charge < -0.3 is 9.47 Å². The largest absolute Gasteiger partial charge is 0.460 e. The summed E-state index contributed by atoms with van der Waals surface area (Å²) in [4.78, 5) is 0. The number of ether oxygens (including phenoxy) is 2. The monoisotopic (exact) mass is 266 g/mol. The second kappa shape index (κ2) is 5.51. The highest BCUT2D eigenvalue weighted by atomic mass is 16.7. The molecule has 0 aliphatic carbocycles. The molecule has 2 aromatic carbocycles. The third kappa shape index (κ3) is 2.61. The van der Waals surface area contributed by atoms with Crippen LogP contribution in [0.2, 0.25) is 0 Å². The van der Waals surface area contributed by atoms with Gasteiger partial charge >= 0.3 is 0 Å². The normalized spacial score (nSPS) is 17.4. The van der Waals surface area contributed by atoms with Gasteiger partial charge in [0.15, 0.2) is 0 Å². The van der Waals surface area contributed by atoms with E-state index >= 15 is 0 Å². The third-order valence-corrected chi connectivity index (χ3v) is 3.22. The average molecular weight is 266 g/mol. The SMILES string of the molecule is CC(C)O[C@@H]1OC(c2ccccc2)=Cc2ccccc21. The van der Waals surface area contributed by atoms with Crippen molar-refractivity contribution in [2.45, 2.75) is 26.2 Å². The molecule has 1 heterocycles. The van der Waals surface area contributed by atoms with Crippen molar-refractivity contribution in [3.8, 4) is 0 Å². The quantitative estimate of drug-likeness (QED) is 0.805. The molecule has 0 fully saturated rings. The lowest BCUT2D eigenvalue weighted by Crippen LogP contribution is -2.17. The zero-order chi connectivity index (χ0) is 13.9. The lowest BCUT2D eigenvalue weighted by atomic mass is 10.0. The molecular formula is C18H18O2. The van der Waals surface area contributed by atoms with Crippen molar-refractivity contribution < 1.29 is 9.47 Å². The molecule has 0 N–H and O–H groups in total. The van der Waals surface area contributed by atoms with Gasteiger partial charge in [0.2, 0.25) is 6.29 Å². The first-order valence-electron chi connectivity index (χ1n) is 6.92. The summed E-state index contributed by atoms with van der Waals surface area (Å²) in [6.45, 7) is 4.04. The maximum absolute atomic E-state index is 6.05. The molecule has 1 aliphatic heterocycles. The highest BCUT2D eigenvalue weighted by Gasteiger charge is 2.24. The number of rotatable bonds is 3. The molecule has 2 heteroatoms. The maximum atomic E-state index is 6.05.